The highest BCUT2D eigenvalue weighted by molar-refractivity contribution is 6.29. The van der Waals surface area contributed by atoms with Crippen LogP contribution in [0.4, 0.5) is 5.82 Å². The van der Waals surface area contributed by atoms with Crippen LogP contribution in [0.15, 0.2) is 18.2 Å². The fourth-order valence-corrected chi connectivity index (χ4v) is 1.90. The molecule has 0 fully saturated rings. The van der Waals surface area contributed by atoms with E-state index in [4.69, 9.17) is 11.6 Å². The largest absolute Gasteiger partial charge is 0.305 e. The van der Waals surface area contributed by atoms with Gasteiger partial charge < -0.3 is 5.32 Å². The molecule has 0 saturated carbocycles. The summed E-state index contributed by atoms with van der Waals surface area (Å²) in [4.78, 5) is 16.2. The van der Waals surface area contributed by atoms with Gasteiger partial charge in [-0.3, -0.25) is 9.48 Å². The summed E-state index contributed by atoms with van der Waals surface area (Å²) in [5.41, 5.74) is 2.24. The first kappa shape index (κ1) is 13.5. The molecule has 5 nitrogen and oxygen atoms in total. The van der Waals surface area contributed by atoms with Crippen molar-refractivity contribution >= 4 is 23.3 Å². The highest BCUT2D eigenvalue weighted by Gasteiger charge is 2.11. The molecule has 100 valence electrons. The van der Waals surface area contributed by atoms with Gasteiger partial charge in [0.25, 0.3) is 5.91 Å². The molecule has 0 aliphatic carbocycles. The maximum atomic E-state index is 12.1. The molecule has 6 heteroatoms. The van der Waals surface area contributed by atoms with Crippen LogP contribution in [0.3, 0.4) is 0 Å². The topological polar surface area (TPSA) is 59.8 Å². The number of pyridine rings is 1. The van der Waals surface area contributed by atoms with E-state index in [2.05, 4.69) is 15.4 Å². The van der Waals surface area contributed by atoms with E-state index in [9.17, 15) is 4.79 Å². The van der Waals surface area contributed by atoms with Crippen molar-refractivity contribution in [3.8, 4) is 0 Å². The van der Waals surface area contributed by atoms with Crippen LogP contribution in [0.25, 0.3) is 0 Å². The quantitative estimate of drug-likeness (QED) is 0.878. The van der Waals surface area contributed by atoms with Gasteiger partial charge >= 0.3 is 0 Å². The second kappa shape index (κ2) is 5.40. The molecule has 2 heterocycles. The predicted molar refractivity (Wildman–Crippen MR) is 74.5 cm³/mol. The van der Waals surface area contributed by atoms with Gasteiger partial charge in [0.2, 0.25) is 0 Å². The number of nitrogens with zero attached hydrogens (tertiary/aromatic N) is 3. The molecule has 2 aromatic heterocycles. The monoisotopic (exact) mass is 278 g/mol. The van der Waals surface area contributed by atoms with Crippen molar-refractivity contribution in [3.05, 3.63) is 40.3 Å². The van der Waals surface area contributed by atoms with Crippen molar-refractivity contribution < 1.29 is 4.79 Å². The Morgan fingerprint density at radius 2 is 2.16 bits per heavy atom. The number of hydrogen-bond donors (Lipinski definition) is 1. The number of carbonyl (C=O) groups is 1. The SMILES string of the molecule is CCc1cc(C(=O)Nc2cc(C)n(C)n2)cc(Cl)n1. The molecule has 2 rings (SSSR count). The molecule has 0 atom stereocenters. The third-order valence-corrected chi connectivity index (χ3v) is 3.02. The number of rotatable bonds is 3. The van der Waals surface area contributed by atoms with Crippen LogP contribution in [0.2, 0.25) is 5.15 Å². The molecule has 0 aliphatic heterocycles. The average molecular weight is 279 g/mol. The van der Waals surface area contributed by atoms with Gasteiger partial charge in [-0.15, -0.1) is 0 Å². The van der Waals surface area contributed by atoms with Crippen molar-refractivity contribution in [1.82, 2.24) is 14.8 Å². The van der Waals surface area contributed by atoms with Gasteiger partial charge in [-0.25, -0.2) is 4.98 Å². The van der Waals surface area contributed by atoms with Crippen LogP contribution >= 0.6 is 11.6 Å². The lowest BCUT2D eigenvalue weighted by Crippen LogP contribution is -2.13. The van der Waals surface area contributed by atoms with Gasteiger partial charge in [-0.05, 0) is 25.5 Å². The molecule has 0 unspecified atom stereocenters. The molecule has 2 aromatic rings. The summed E-state index contributed by atoms with van der Waals surface area (Å²) in [5, 5.41) is 7.24. The van der Waals surface area contributed by atoms with E-state index in [-0.39, 0.29) is 5.91 Å². The van der Waals surface area contributed by atoms with E-state index >= 15 is 0 Å². The summed E-state index contributed by atoms with van der Waals surface area (Å²) < 4.78 is 1.70. The molecule has 0 saturated heterocycles. The standard InChI is InChI=1S/C13H15ClN4O/c1-4-10-6-9(7-11(14)15-10)13(19)16-12-5-8(2)18(3)17-12/h5-7H,4H2,1-3H3,(H,16,17,19). The zero-order valence-electron chi connectivity index (χ0n) is 11.1. The zero-order valence-corrected chi connectivity index (χ0v) is 11.8. The molecule has 0 radical (unpaired) electrons. The first-order chi connectivity index (χ1) is 8.99. The van der Waals surface area contributed by atoms with Gasteiger partial charge in [0.05, 0.1) is 0 Å². The minimum absolute atomic E-state index is 0.239. The van der Waals surface area contributed by atoms with Crippen molar-refractivity contribution in [1.29, 1.82) is 0 Å². The fourth-order valence-electron chi connectivity index (χ4n) is 1.67. The number of carbonyl (C=O) groups excluding carboxylic acids is 1. The molecule has 0 spiro atoms. The van der Waals surface area contributed by atoms with E-state index < -0.39 is 0 Å². The van der Waals surface area contributed by atoms with E-state index in [1.54, 1.807) is 22.9 Å². The summed E-state index contributed by atoms with van der Waals surface area (Å²) in [6.07, 6.45) is 0.726. The van der Waals surface area contributed by atoms with Gasteiger partial charge in [-0.1, -0.05) is 18.5 Å². The Bertz CT molecular complexity index is 602. The third kappa shape index (κ3) is 3.12. The summed E-state index contributed by atoms with van der Waals surface area (Å²) >= 11 is 5.89. The molecule has 1 amide bonds. The third-order valence-electron chi connectivity index (χ3n) is 2.83. The Morgan fingerprint density at radius 3 is 2.74 bits per heavy atom. The van der Waals surface area contributed by atoms with E-state index in [0.29, 0.717) is 16.5 Å². The highest BCUT2D eigenvalue weighted by atomic mass is 35.5. The predicted octanol–water partition coefficient (Wildman–Crippen LogP) is 2.59. The lowest BCUT2D eigenvalue weighted by Gasteiger charge is -2.04. The Kier molecular flexibility index (Phi) is 3.85. The molecule has 1 N–H and O–H groups in total. The number of aryl methyl sites for hydroxylation is 3. The second-order valence-electron chi connectivity index (χ2n) is 4.27. The van der Waals surface area contributed by atoms with E-state index in [0.717, 1.165) is 17.8 Å². The molecule has 19 heavy (non-hydrogen) atoms. The summed E-state index contributed by atoms with van der Waals surface area (Å²) in [7, 11) is 1.82. The lowest BCUT2D eigenvalue weighted by molar-refractivity contribution is 0.102. The number of nitrogens with one attached hydrogen (secondary N) is 1. The maximum Gasteiger partial charge on any atom is 0.257 e. The summed E-state index contributed by atoms with van der Waals surface area (Å²) in [5.74, 6) is 0.285. The van der Waals surface area contributed by atoms with E-state index in [1.165, 1.54) is 0 Å². The van der Waals surface area contributed by atoms with Crippen LogP contribution in [-0.2, 0) is 13.5 Å². The smallest absolute Gasteiger partial charge is 0.257 e. The zero-order chi connectivity index (χ0) is 14.0. The average Bonchev–Trinajstić information content (AvgIpc) is 2.67. The number of anilines is 1. The number of hydrogen-bond acceptors (Lipinski definition) is 3. The highest BCUT2D eigenvalue weighted by Crippen LogP contribution is 2.14. The maximum absolute atomic E-state index is 12.1. The lowest BCUT2D eigenvalue weighted by atomic mass is 10.2. The number of amides is 1. The Hall–Kier alpha value is -1.88. The van der Waals surface area contributed by atoms with Crippen LogP contribution in [-0.4, -0.2) is 20.7 Å². The normalized spacial score (nSPS) is 10.5. The first-order valence-electron chi connectivity index (χ1n) is 5.98. The van der Waals surface area contributed by atoms with Crippen molar-refractivity contribution in [3.63, 3.8) is 0 Å². The second-order valence-corrected chi connectivity index (χ2v) is 4.66. The Labute approximate surface area is 116 Å². The van der Waals surface area contributed by atoms with Gasteiger partial charge in [0.1, 0.15) is 5.15 Å². The van der Waals surface area contributed by atoms with Gasteiger partial charge in [0, 0.05) is 30.1 Å². The molecular formula is C13H15ClN4O. The van der Waals surface area contributed by atoms with Gasteiger partial charge in [0.15, 0.2) is 5.82 Å². The molecule has 0 aliphatic rings. The summed E-state index contributed by atoms with van der Waals surface area (Å²) in [6.45, 7) is 3.88. The minimum Gasteiger partial charge on any atom is -0.305 e. The van der Waals surface area contributed by atoms with Crippen LogP contribution in [0, 0.1) is 6.92 Å². The number of aromatic nitrogens is 3. The van der Waals surface area contributed by atoms with E-state index in [1.807, 2.05) is 20.9 Å². The molecule has 0 aromatic carbocycles. The van der Waals surface area contributed by atoms with Crippen molar-refractivity contribution in [2.45, 2.75) is 20.3 Å². The first-order valence-corrected chi connectivity index (χ1v) is 6.36. The Balaban J connectivity index is 2.22. The van der Waals surface area contributed by atoms with Crippen molar-refractivity contribution in [2.75, 3.05) is 5.32 Å². The van der Waals surface area contributed by atoms with Crippen LogP contribution in [0.5, 0.6) is 0 Å². The fraction of sp³-hybridized carbons (Fsp3) is 0.308. The van der Waals surface area contributed by atoms with Gasteiger partial charge in [-0.2, -0.15) is 5.10 Å². The summed E-state index contributed by atoms with van der Waals surface area (Å²) in [6, 6.07) is 5.09. The van der Waals surface area contributed by atoms with Crippen LogP contribution in [0.1, 0.15) is 28.7 Å². The minimum atomic E-state index is -0.239. The molecule has 0 bridgehead atoms. The van der Waals surface area contributed by atoms with Crippen LogP contribution < -0.4 is 5.32 Å². The number of halogens is 1. The molecular weight excluding hydrogens is 264 g/mol. The Morgan fingerprint density at radius 1 is 1.42 bits per heavy atom. The van der Waals surface area contributed by atoms with Crippen molar-refractivity contribution in [2.24, 2.45) is 7.05 Å².